The summed E-state index contributed by atoms with van der Waals surface area (Å²) in [6, 6.07) is 2.89. The molecule has 0 saturated carbocycles. The summed E-state index contributed by atoms with van der Waals surface area (Å²) in [4.78, 5) is 31.8. The molecular weight excluding hydrogens is 312 g/mol. The van der Waals surface area contributed by atoms with Crippen LogP contribution in [0.3, 0.4) is 0 Å². The quantitative estimate of drug-likeness (QED) is 0.842. The van der Waals surface area contributed by atoms with Crippen LogP contribution in [-0.4, -0.2) is 38.7 Å². The van der Waals surface area contributed by atoms with Crippen LogP contribution in [0.15, 0.2) is 16.9 Å². The Morgan fingerprint density at radius 1 is 1.35 bits per heavy atom. The van der Waals surface area contributed by atoms with Crippen molar-refractivity contribution in [1.29, 1.82) is 0 Å². The molecular formula is C16H20N4O2S. The number of likely N-dealkylation sites (tertiary alicyclic amines) is 1. The van der Waals surface area contributed by atoms with Crippen molar-refractivity contribution in [3.8, 4) is 0 Å². The molecule has 23 heavy (non-hydrogen) atoms. The number of rotatable bonds is 2. The number of carbonyl (C=O) groups excluding carboxylic acids is 1. The average molecular weight is 332 g/mol. The zero-order valence-electron chi connectivity index (χ0n) is 13.6. The zero-order chi connectivity index (χ0) is 16.6. The van der Waals surface area contributed by atoms with Crippen LogP contribution in [0, 0.1) is 13.8 Å². The van der Waals surface area contributed by atoms with Gasteiger partial charge in [0.25, 0.3) is 11.5 Å². The molecule has 0 N–H and O–H groups in total. The predicted molar refractivity (Wildman–Crippen MR) is 88.9 cm³/mol. The lowest BCUT2D eigenvalue weighted by atomic mass is 9.98. The molecule has 7 heteroatoms. The van der Waals surface area contributed by atoms with Gasteiger partial charge in [-0.2, -0.15) is 5.10 Å². The summed E-state index contributed by atoms with van der Waals surface area (Å²) < 4.78 is 1.20. The normalized spacial score (nSPS) is 18.2. The number of aromatic nitrogens is 3. The van der Waals surface area contributed by atoms with E-state index in [1.807, 2.05) is 11.8 Å². The number of amides is 1. The first kappa shape index (κ1) is 15.9. The summed E-state index contributed by atoms with van der Waals surface area (Å²) >= 11 is 1.72. The maximum atomic E-state index is 12.6. The number of hydrogen-bond acceptors (Lipinski definition) is 5. The van der Waals surface area contributed by atoms with Crippen LogP contribution in [-0.2, 0) is 7.05 Å². The minimum atomic E-state index is -0.216. The Labute approximate surface area is 138 Å². The fraction of sp³-hybridized carbons (Fsp3) is 0.500. The standard InChI is InChI=1S/C16H20N4O2S/c1-10-11(2)23-15(17-10)12-5-4-8-20(9-12)16(22)13-6-7-14(21)19(3)18-13/h6-7,12H,4-5,8-9H2,1-3H3. The maximum Gasteiger partial charge on any atom is 0.274 e. The Bertz CT molecular complexity index is 776. The van der Waals surface area contributed by atoms with Gasteiger partial charge in [-0.05, 0) is 32.8 Å². The summed E-state index contributed by atoms with van der Waals surface area (Å²) in [5.74, 6) is 0.174. The highest BCUT2D eigenvalue weighted by atomic mass is 32.1. The van der Waals surface area contributed by atoms with E-state index in [-0.39, 0.29) is 17.4 Å². The summed E-state index contributed by atoms with van der Waals surface area (Å²) in [6.45, 7) is 5.49. The summed E-state index contributed by atoms with van der Waals surface area (Å²) in [7, 11) is 1.55. The van der Waals surface area contributed by atoms with Gasteiger partial charge in [-0.3, -0.25) is 9.59 Å². The van der Waals surface area contributed by atoms with E-state index < -0.39 is 0 Å². The Balaban J connectivity index is 1.78. The third-order valence-electron chi connectivity index (χ3n) is 4.28. The Morgan fingerprint density at radius 2 is 2.13 bits per heavy atom. The van der Waals surface area contributed by atoms with Crippen molar-refractivity contribution in [2.45, 2.75) is 32.6 Å². The van der Waals surface area contributed by atoms with Gasteiger partial charge in [0.05, 0.1) is 10.7 Å². The highest BCUT2D eigenvalue weighted by molar-refractivity contribution is 7.11. The highest BCUT2D eigenvalue weighted by Crippen LogP contribution is 2.31. The summed E-state index contributed by atoms with van der Waals surface area (Å²) in [5, 5.41) is 5.18. The Kier molecular flexibility index (Phi) is 4.30. The second kappa shape index (κ2) is 6.23. The van der Waals surface area contributed by atoms with Gasteiger partial charge in [0.15, 0.2) is 0 Å². The third kappa shape index (κ3) is 3.19. The van der Waals surface area contributed by atoms with Gasteiger partial charge in [-0.25, -0.2) is 9.67 Å². The fourth-order valence-electron chi connectivity index (χ4n) is 2.81. The molecule has 0 bridgehead atoms. The Hall–Kier alpha value is -2.02. The van der Waals surface area contributed by atoms with Crippen LogP contribution >= 0.6 is 11.3 Å². The van der Waals surface area contributed by atoms with E-state index in [2.05, 4.69) is 17.0 Å². The second-order valence-corrected chi connectivity index (χ2v) is 7.20. The average Bonchev–Trinajstić information content (AvgIpc) is 2.89. The van der Waals surface area contributed by atoms with Crippen LogP contribution < -0.4 is 5.56 Å². The number of aryl methyl sites for hydroxylation is 3. The molecule has 1 aliphatic rings. The fourth-order valence-corrected chi connectivity index (χ4v) is 3.86. The topological polar surface area (TPSA) is 68.1 Å². The van der Waals surface area contributed by atoms with E-state index in [1.165, 1.54) is 21.7 Å². The van der Waals surface area contributed by atoms with E-state index in [9.17, 15) is 9.59 Å². The van der Waals surface area contributed by atoms with Gasteiger partial charge in [-0.1, -0.05) is 0 Å². The first-order chi connectivity index (χ1) is 11.0. The second-order valence-electron chi connectivity index (χ2n) is 5.96. The van der Waals surface area contributed by atoms with Crippen molar-refractivity contribution < 1.29 is 4.79 Å². The van der Waals surface area contributed by atoms with Gasteiger partial charge >= 0.3 is 0 Å². The summed E-state index contributed by atoms with van der Waals surface area (Å²) in [6.07, 6.45) is 2.01. The smallest absolute Gasteiger partial charge is 0.274 e. The summed E-state index contributed by atoms with van der Waals surface area (Å²) in [5.41, 5.74) is 1.18. The van der Waals surface area contributed by atoms with E-state index in [1.54, 1.807) is 18.4 Å². The van der Waals surface area contributed by atoms with E-state index >= 15 is 0 Å². The van der Waals surface area contributed by atoms with Crippen molar-refractivity contribution in [2.75, 3.05) is 13.1 Å². The van der Waals surface area contributed by atoms with Crippen LogP contribution in [0.1, 0.15) is 44.8 Å². The molecule has 1 aliphatic heterocycles. The number of thiazole rings is 1. The molecule has 3 rings (SSSR count). The first-order valence-electron chi connectivity index (χ1n) is 7.73. The largest absolute Gasteiger partial charge is 0.337 e. The van der Waals surface area contributed by atoms with E-state index in [0.29, 0.717) is 12.2 Å². The van der Waals surface area contributed by atoms with Gasteiger partial charge in [0.2, 0.25) is 0 Å². The molecule has 1 saturated heterocycles. The highest BCUT2D eigenvalue weighted by Gasteiger charge is 2.28. The first-order valence-corrected chi connectivity index (χ1v) is 8.55. The molecule has 0 spiro atoms. The van der Waals surface area contributed by atoms with Crippen LogP contribution in [0.2, 0.25) is 0 Å². The number of nitrogens with zero attached hydrogens (tertiary/aromatic N) is 4. The molecule has 1 unspecified atom stereocenters. The minimum Gasteiger partial charge on any atom is -0.337 e. The van der Waals surface area contributed by atoms with Gasteiger partial charge in [0, 0.05) is 37.0 Å². The molecule has 122 valence electrons. The van der Waals surface area contributed by atoms with Crippen molar-refractivity contribution in [3.63, 3.8) is 0 Å². The lowest BCUT2D eigenvalue weighted by Crippen LogP contribution is -2.40. The molecule has 0 aromatic carbocycles. The van der Waals surface area contributed by atoms with E-state index in [4.69, 9.17) is 0 Å². The molecule has 0 aliphatic carbocycles. The molecule has 1 fully saturated rings. The number of hydrogen-bond donors (Lipinski definition) is 0. The Morgan fingerprint density at radius 3 is 2.78 bits per heavy atom. The predicted octanol–water partition coefficient (Wildman–Crippen LogP) is 1.87. The van der Waals surface area contributed by atoms with Crippen molar-refractivity contribution >= 4 is 17.2 Å². The molecule has 1 atom stereocenters. The number of carbonyl (C=O) groups is 1. The SMILES string of the molecule is Cc1nc(C2CCCN(C(=O)c3ccc(=O)n(C)n3)C2)sc1C. The molecule has 0 radical (unpaired) electrons. The molecule has 3 heterocycles. The zero-order valence-corrected chi connectivity index (χ0v) is 14.4. The molecule has 2 aromatic rings. The van der Waals surface area contributed by atoms with Gasteiger partial charge in [0.1, 0.15) is 5.69 Å². The van der Waals surface area contributed by atoms with Crippen LogP contribution in [0.25, 0.3) is 0 Å². The number of piperidine rings is 1. The molecule has 2 aromatic heterocycles. The van der Waals surface area contributed by atoms with Gasteiger partial charge in [-0.15, -0.1) is 11.3 Å². The van der Waals surface area contributed by atoms with Crippen LogP contribution in [0.5, 0.6) is 0 Å². The molecule has 6 nitrogen and oxygen atoms in total. The van der Waals surface area contributed by atoms with Gasteiger partial charge < -0.3 is 4.90 Å². The lowest BCUT2D eigenvalue weighted by Gasteiger charge is -2.31. The minimum absolute atomic E-state index is 0.115. The maximum absolute atomic E-state index is 12.6. The third-order valence-corrected chi connectivity index (χ3v) is 5.52. The van der Waals surface area contributed by atoms with Crippen molar-refractivity contribution in [3.05, 3.63) is 43.8 Å². The van der Waals surface area contributed by atoms with Crippen molar-refractivity contribution in [1.82, 2.24) is 19.7 Å². The monoisotopic (exact) mass is 332 g/mol. The van der Waals surface area contributed by atoms with Crippen LogP contribution in [0.4, 0.5) is 0 Å². The molecule has 1 amide bonds. The lowest BCUT2D eigenvalue weighted by molar-refractivity contribution is 0.0698. The van der Waals surface area contributed by atoms with Crippen molar-refractivity contribution in [2.24, 2.45) is 7.05 Å². The van der Waals surface area contributed by atoms with E-state index in [0.717, 1.165) is 30.1 Å².